The number of aromatic nitrogens is 1. The zero-order valence-corrected chi connectivity index (χ0v) is 18.6. The van der Waals surface area contributed by atoms with Gasteiger partial charge < -0.3 is 10.1 Å². The fourth-order valence-corrected chi connectivity index (χ4v) is 4.16. The van der Waals surface area contributed by atoms with E-state index >= 15 is 0 Å². The lowest BCUT2D eigenvalue weighted by molar-refractivity contribution is 0.0950. The third-order valence-corrected chi connectivity index (χ3v) is 5.90. The first-order chi connectivity index (χ1) is 15.7. The van der Waals surface area contributed by atoms with Crippen LogP contribution in [0.15, 0.2) is 67.0 Å². The monoisotopic (exact) mass is 430 g/mol. The summed E-state index contributed by atoms with van der Waals surface area (Å²) in [5.41, 5.74) is 13.2. The molecule has 1 fully saturated rings. The minimum Gasteiger partial charge on any atom is -0.377 e. The number of carbonyl (C=O) groups excluding carboxylic acids is 1. The number of hydrogen-bond acceptors (Lipinski definition) is 5. The maximum Gasteiger partial charge on any atom is 0.251 e. The molecule has 1 aliphatic rings. The summed E-state index contributed by atoms with van der Waals surface area (Å²) in [5.74, 6) is 0.238. The predicted octanol–water partition coefficient (Wildman–Crippen LogP) is 3.79. The highest BCUT2D eigenvalue weighted by Gasteiger charge is 2.30. The van der Waals surface area contributed by atoms with E-state index in [1.165, 1.54) is 16.7 Å². The highest BCUT2D eigenvalue weighted by atomic mass is 16.5. The SMILES string of the molecule is CCOCc1ccc(C(=O)NCc2cccc(C3NNCC3c3ccncc3C)c2)cc1. The average Bonchev–Trinajstić information content (AvgIpc) is 3.32. The highest BCUT2D eigenvalue weighted by molar-refractivity contribution is 5.94. The lowest BCUT2D eigenvalue weighted by atomic mass is 9.86. The van der Waals surface area contributed by atoms with Crippen LogP contribution in [0.5, 0.6) is 0 Å². The van der Waals surface area contributed by atoms with Crippen molar-refractivity contribution in [3.63, 3.8) is 0 Å². The Morgan fingerprint density at radius 3 is 2.78 bits per heavy atom. The van der Waals surface area contributed by atoms with Crippen molar-refractivity contribution in [2.75, 3.05) is 13.2 Å². The molecule has 2 unspecified atom stereocenters. The second kappa shape index (κ2) is 10.5. The number of hydrogen-bond donors (Lipinski definition) is 3. The van der Waals surface area contributed by atoms with Crippen molar-refractivity contribution in [1.29, 1.82) is 0 Å². The summed E-state index contributed by atoms with van der Waals surface area (Å²) in [4.78, 5) is 16.8. The zero-order chi connectivity index (χ0) is 22.3. The highest BCUT2D eigenvalue weighted by Crippen LogP contribution is 2.34. The predicted molar refractivity (Wildman–Crippen MR) is 125 cm³/mol. The summed E-state index contributed by atoms with van der Waals surface area (Å²) in [5, 5.41) is 3.03. The van der Waals surface area contributed by atoms with Gasteiger partial charge in [0.15, 0.2) is 0 Å². The molecule has 1 aromatic heterocycles. The van der Waals surface area contributed by atoms with Crippen LogP contribution in [0.1, 0.15) is 57.1 Å². The second-order valence-electron chi connectivity index (χ2n) is 8.10. The van der Waals surface area contributed by atoms with E-state index in [0.29, 0.717) is 31.2 Å². The molecule has 3 N–H and O–H groups in total. The number of aryl methyl sites for hydroxylation is 1. The van der Waals surface area contributed by atoms with Crippen LogP contribution in [0.25, 0.3) is 0 Å². The first kappa shape index (κ1) is 22.1. The number of ether oxygens (including phenoxy) is 1. The second-order valence-corrected chi connectivity index (χ2v) is 8.10. The number of nitrogens with one attached hydrogen (secondary N) is 3. The van der Waals surface area contributed by atoms with Gasteiger partial charge in [0.25, 0.3) is 5.91 Å². The molecule has 2 atom stereocenters. The van der Waals surface area contributed by atoms with Gasteiger partial charge in [0.1, 0.15) is 0 Å². The van der Waals surface area contributed by atoms with Crippen LogP contribution >= 0.6 is 0 Å². The van der Waals surface area contributed by atoms with Gasteiger partial charge in [0.05, 0.1) is 12.6 Å². The molecule has 1 amide bonds. The van der Waals surface area contributed by atoms with E-state index in [2.05, 4.69) is 52.3 Å². The standard InChI is InChI=1S/C26H30N4O2/c1-3-32-17-19-7-9-21(10-8-19)26(31)28-15-20-5-4-6-22(13-20)25-24(16-29-30-25)23-11-12-27-14-18(23)2/h4-14,24-25,29-30H,3,15-17H2,1-2H3,(H,28,31). The first-order valence-corrected chi connectivity index (χ1v) is 11.1. The quantitative estimate of drug-likeness (QED) is 0.507. The van der Waals surface area contributed by atoms with Gasteiger partial charge in [-0.15, -0.1) is 0 Å². The van der Waals surface area contributed by atoms with Crippen LogP contribution in [-0.2, 0) is 17.9 Å². The van der Waals surface area contributed by atoms with Crippen LogP contribution in [0.3, 0.4) is 0 Å². The Hall–Kier alpha value is -3.06. The van der Waals surface area contributed by atoms with Crippen molar-refractivity contribution in [2.24, 2.45) is 0 Å². The molecule has 6 nitrogen and oxygen atoms in total. The molecule has 0 spiro atoms. The van der Waals surface area contributed by atoms with Crippen molar-refractivity contribution in [3.8, 4) is 0 Å². The topological polar surface area (TPSA) is 75.3 Å². The van der Waals surface area contributed by atoms with Gasteiger partial charge in [-0.05, 0) is 59.9 Å². The van der Waals surface area contributed by atoms with Crippen molar-refractivity contribution in [3.05, 3.63) is 100 Å². The van der Waals surface area contributed by atoms with E-state index in [0.717, 1.165) is 17.7 Å². The maximum absolute atomic E-state index is 12.6. The summed E-state index contributed by atoms with van der Waals surface area (Å²) >= 11 is 0. The Labute approximate surface area is 189 Å². The van der Waals surface area contributed by atoms with Gasteiger partial charge in [0.2, 0.25) is 0 Å². The summed E-state index contributed by atoms with van der Waals surface area (Å²) < 4.78 is 5.41. The molecule has 3 aromatic rings. The molecule has 1 aliphatic heterocycles. The largest absolute Gasteiger partial charge is 0.377 e. The van der Waals surface area contributed by atoms with Gasteiger partial charge in [0, 0.05) is 43.6 Å². The number of hydrazine groups is 1. The number of amides is 1. The molecule has 0 aliphatic carbocycles. The summed E-state index contributed by atoms with van der Waals surface area (Å²) in [6.07, 6.45) is 3.77. The molecular formula is C26H30N4O2. The lowest BCUT2D eigenvalue weighted by Crippen LogP contribution is -2.25. The molecule has 4 rings (SSSR count). The van der Waals surface area contributed by atoms with Gasteiger partial charge in [-0.3, -0.25) is 15.2 Å². The Balaban J connectivity index is 1.41. The summed E-state index contributed by atoms with van der Waals surface area (Å²) in [6, 6.07) is 18.2. The maximum atomic E-state index is 12.6. The molecule has 2 heterocycles. The first-order valence-electron chi connectivity index (χ1n) is 11.1. The van der Waals surface area contributed by atoms with Crippen LogP contribution in [0.2, 0.25) is 0 Å². The van der Waals surface area contributed by atoms with E-state index < -0.39 is 0 Å². The van der Waals surface area contributed by atoms with E-state index in [-0.39, 0.29) is 11.9 Å². The Morgan fingerprint density at radius 2 is 2.00 bits per heavy atom. The van der Waals surface area contributed by atoms with Gasteiger partial charge in [-0.2, -0.15) is 0 Å². The average molecular weight is 431 g/mol. The van der Waals surface area contributed by atoms with Crippen LogP contribution in [0, 0.1) is 6.92 Å². The minimum atomic E-state index is -0.0793. The third-order valence-electron chi connectivity index (χ3n) is 5.90. The van der Waals surface area contributed by atoms with Crippen LogP contribution in [0.4, 0.5) is 0 Å². The van der Waals surface area contributed by atoms with Crippen LogP contribution < -0.4 is 16.2 Å². The molecule has 32 heavy (non-hydrogen) atoms. The van der Waals surface area contributed by atoms with E-state index in [1.807, 2.05) is 49.6 Å². The van der Waals surface area contributed by atoms with E-state index in [9.17, 15) is 4.79 Å². The molecule has 0 radical (unpaired) electrons. The molecular weight excluding hydrogens is 400 g/mol. The van der Waals surface area contributed by atoms with Crippen molar-refractivity contribution >= 4 is 5.91 Å². The Morgan fingerprint density at radius 1 is 1.16 bits per heavy atom. The third kappa shape index (κ3) is 5.22. The van der Waals surface area contributed by atoms with E-state index in [1.54, 1.807) is 0 Å². The van der Waals surface area contributed by atoms with Gasteiger partial charge in [-0.1, -0.05) is 36.4 Å². The molecule has 1 saturated heterocycles. The zero-order valence-electron chi connectivity index (χ0n) is 18.6. The molecule has 0 saturated carbocycles. The number of benzene rings is 2. The number of nitrogens with zero attached hydrogens (tertiary/aromatic N) is 1. The molecule has 166 valence electrons. The lowest BCUT2D eigenvalue weighted by Gasteiger charge is -2.21. The van der Waals surface area contributed by atoms with Gasteiger partial charge in [-0.25, -0.2) is 5.43 Å². The smallest absolute Gasteiger partial charge is 0.251 e. The number of carbonyl (C=O) groups is 1. The van der Waals surface area contributed by atoms with Crippen molar-refractivity contribution in [1.82, 2.24) is 21.2 Å². The van der Waals surface area contributed by atoms with Crippen molar-refractivity contribution < 1.29 is 9.53 Å². The summed E-state index contributed by atoms with van der Waals surface area (Å²) in [6.45, 7) is 6.65. The Bertz CT molecular complexity index is 1050. The Kier molecular flexibility index (Phi) is 7.27. The minimum absolute atomic E-state index is 0.0793. The molecule has 2 aromatic carbocycles. The number of pyridine rings is 1. The van der Waals surface area contributed by atoms with Gasteiger partial charge >= 0.3 is 0 Å². The molecule has 0 bridgehead atoms. The fourth-order valence-electron chi connectivity index (χ4n) is 4.16. The normalized spacial score (nSPS) is 17.9. The summed E-state index contributed by atoms with van der Waals surface area (Å²) in [7, 11) is 0. The van der Waals surface area contributed by atoms with Crippen molar-refractivity contribution in [2.45, 2.75) is 39.0 Å². The number of rotatable bonds is 8. The molecule has 6 heteroatoms. The fraction of sp³-hybridized carbons (Fsp3) is 0.308. The van der Waals surface area contributed by atoms with Crippen LogP contribution in [-0.4, -0.2) is 24.0 Å². The van der Waals surface area contributed by atoms with E-state index in [4.69, 9.17) is 4.74 Å².